The molecule has 0 saturated heterocycles. The zero-order valence-electron chi connectivity index (χ0n) is 11.4. The van der Waals surface area contributed by atoms with Gasteiger partial charge in [0.2, 0.25) is 0 Å². The van der Waals surface area contributed by atoms with Crippen LogP contribution in [0.1, 0.15) is 28.3 Å². The third-order valence-corrected chi connectivity index (χ3v) is 3.60. The van der Waals surface area contributed by atoms with E-state index < -0.39 is 0 Å². The van der Waals surface area contributed by atoms with Crippen LogP contribution in [0.15, 0.2) is 36.4 Å². The molecule has 0 aliphatic carbocycles. The molecule has 0 fully saturated rings. The summed E-state index contributed by atoms with van der Waals surface area (Å²) in [5.74, 6) is 0.893. The van der Waals surface area contributed by atoms with Gasteiger partial charge in [-0.05, 0) is 54.3 Å². The van der Waals surface area contributed by atoms with Gasteiger partial charge in [0.15, 0.2) is 0 Å². The van der Waals surface area contributed by atoms with Crippen LogP contribution in [0, 0.1) is 13.8 Å². The number of aryl methyl sites for hydroxylation is 2. The van der Waals surface area contributed by atoms with Gasteiger partial charge in [0.25, 0.3) is 0 Å². The fourth-order valence-electron chi connectivity index (χ4n) is 2.22. The molecule has 0 saturated carbocycles. The first kappa shape index (κ1) is 13.9. The average Bonchev–Trinajstić information content (AvgIpc) is 2.41. The van der Waals surface area contributed by atoms with Crippen molar-refractivity contribution in [3.05, 3.63) is 63.7 Å². The van der Waals surface area contributed by atoms with E-state index in [0.29, 0.717) is 0 Å². The van der Waals surface area contributed by atoms with Gasteiger partial charge in [0.05, 0.1) is 13.2 Å². The Kier molecular flexibility index (Phi) is 4.13. The van der Waals surface area contributed by atoms with Gasteiger partial charge in [-0.1, -0.05) is 29.8 Å². The molecule has 0 amide bonds. The quantitative estimate of drug-likeness (QED) is 0.918. The average molecular weight is 276 g/mol. The van der Waals surface area contributed by atoms with Crippen molar-refractivity contribution in [1.82, 2.24) is 0 Å². The van der Waals surface area contributed by atoms with Crippen LogP contribution in [-0.4, -0.2) is 7.11 Å². The maximum atomic E-state index is 6.34. The molecule has 0 bridgehead atoms. The fraction of sp³-hybridized carbons (Fsp3) is 0.250. The lowest BCUT2D eigenvalue weighted by molar-refractivity contribution is 0.411. The van der Waals surface area contributed by atoms with E-state index in [-0.39, 0.29) is 6.04 Å². The van der Waals surface area contributed by atoms with Crippen LogP contribution in [0.25, 0.3) is 0 Å². The van der Waals surface area contributed by atoms with Crippen molar-refractivity contribution in [1.29, 1.82) is 0 Å². The van der Waals surface area contributed by atoms with E-state index in [1.54, 1.807) is 7.11 Å². The van der Waals surface area contributed by atoms with Crippen molar-refractivity contribution >= 4 is 11.6 Å². The molecule has 0 radical (unpaired) electrons. The molecule has 0 heterocycles. The molecular formula is C16H18ClNO. The first-order valence-electron chi connectivity index (χ1n) is 6.19. The molecule has 3 heteroatoms. The maximum Gasteiger partial charge on any atom is 0.122 e. The molecule has 0 aromatic heterocycles. The highest BCUT2D eigenvalue weighted by atomic mass is 35.5. The third kappa shape index (κ3) is 2.91. The topological polar surface area (TPSA) is 35.2 Å². The number of hydrogen-bond donors (Lipinski definition) is 1. The number of methoxy groups -OCH3 is 1. The van der Waals surface area contributed by atoms with E-state index in [4.69, 9.17) is 22.1 Å². The Morgan fingerprint density at radius 2 is 1.68 bits per heavy atom. The third-order valence-electron chi connectivity index (χ3n) is 3.35. The summed E-state index contributed by atoms with van der Waals surface area (Å²) in [7, 11) is 1.68. The van der Waals surface area contributed by atoms with Gasteiger partial charge in [0, 0.05) is 5.02 Å². The number of hydrogen-bond acceptors (Lipinski definition) is 2. The number of ether oxygens (including phenoxy) is 1. The van der Waals surface area contributed by atoms with Gasteiger partial charge >= 0.3 is 0 Å². The van der Waals surface area contributed by atoms with Crippen LogP contribution in [0.2, 0.25) is 5.02 Å². The Labute approximate surface area is 119 Å². The first-order chi connectivity index (χ1) is 9.02. The Hall–Kier alpha value is -1.51. The summed E-state index contributed by atoms with van der Waals surface area (Å²) in [4.78, 5) is 0. The largest absolute Gasteiger partial charge is 0.496 e. The van der Waals surface area contributed by atoms with Crippen molar-refractivity contribution in [2.75, 3.05) is 7.11 Å². The Balaban J connectivity index is 2.41. The number of halogens is 1. The van der Waals surface area contributed by atoms with Crippen LogP contribution in [0.4, 0.5) is 0 Å². The van der Waals surface area contributed by atoms with Gasteiger partial charge in [-0.25, -0.2) is 0 Å². The zero-order valence-corrected chi connectivity index (χ0v) is 12.2. The minimum absolute atomic E-state index is 0.151. The van der Waals surface area contributed by atoms with Crippen molar-refractivity contribution < 1.29 is 4.74 Å². The minimum atomic E-state index is -0.151. The molecule has 1 unspecified atom stereocenters. The second kappa shape index (κ2) is 5.64. The summed E-state index contributed by atoms with van der Waals surface area (Å²) >= 11 is 5.90. The number of nitrogens with two attached hydrogens (primary N) is 1. The molecule has 0 aliphatic heterocycles. The van der Waals surface area contributed by atoms with Crippen LogP contribution < -0.4 is 10.5 Å². The molecule has 2 N–H and O–H groups in total. The van der Waals surface area contributed by atoms with Crippen LogP contribution in [0.3, 0.4) is 0 Å². The molecule has 1 atom stereocenters. The normalized spacial score (nSPS) is 12.3. The molecule has 2 rings (SSSR count). The highest BCUT2D eigenvalue weighted by molar-refractivity contribution is 6.30. The maximum absolute atomic E-state index is 6.34. The standard InChI is InChI=1S/C16H18ClNO/c1-10-9-15(19-3)11(2)8-14(10)16(18)12-4-6-13(17)7-5-12/h4-9,16H,18H2,1-3H3. The molecule has 0 aliphatic rings. The molecule has 0 spiro atoms. The van der Waals surface area contributed by atoms with E-state index in [1.807, 2.05) is 44.2 Å². The van der Waals surface area contributed by atoms with E-state index in [9.17, 15) is 0 Å². The number of rotatable bonds is 3. The monoisotopic (exact) mass is 275 g/mol. The van der Waals surface area contributed by atoms with E-state index in [0.717, 1.165) is 33.0 Å². The van der Waals surface area contributed by atoms with Crippen LogP contribution in [-0.2, 0) is 0 Å². The lowest BCUT2D eigenvalue weighted by Crippen LogP contribution is -2.13. The Morgan fingerprint density at radius 1 is 1.05 bits per heavy atom. The summed E-state index contributed by atoms with van der Waals surface area (Å²) < 4.78 is 5.32. The smallest absolute Gasteiger partial charge is 0.122 e. The Bertz CT molecular complexity index is 578. The van der Waals surface area contributed by atoms with Gasteiger partial charge in [-0.3, -0.25) is 0 Å². The predicted octanol–water partition coefficient (Wildman–Crippen LogP) is 4.01. The summed E-state index contributed by atoms with van der Waals surface area (Å²) in [6.07, 6.45) is 0. The first-order valence-corrected chi connectivity index (χ1v) is 6.57. The van der Waals surface area contributed by atoms with E-state index in [1.165, 1.54) is 0 Å². The molecule has 19 heavy (non-hydrogen) atoms. The fourth-order valence-corrected chi connectivity index (χ4v) is 2.34. The van der Waals surface area contributed by atoms with Crippen molar-refractivity contribution in [3.8, 4) is 5.75 Å². The van der Waals surface area contributed by atoms with Crippen molar-refractivity contribution in [3.63, 3.8) is 0 Å². The van der Waals surface area contributed by atoms with Gasteiger partial charge in [0.1, 0.15) is 5.75 Å². The molecule has 100 valence electrons. The van der Waals surface area contributed by atoms with E-state index in [2.05, 4.69) is 6.07 Å². The lowest BCUT2D eigenvalue weighted by Gasteiger charge is -2.18. The summed E-state index contributed by atoms with van der Waals surface area (Å²) in [5.41, 5.74) is 10.7. The van der Waals surface area contributed by atoms with Gasteiger partial charge in [-0.15, -0.1) is 0 Å². The van der Waals surface area contributed by atoms with Crippen LogP contribution in [0.5, 0.6) is 5.75 Å². The minimum Gasteiger partial charge on any atom is -0.496 e. The summed E-state index contributed by atoms with van der Waals surface area (Å²) in [6, 6.07) is 11.6. The molecule has 2 nitrogen and oxygen atoms in total. The highest BCUT2D eigenvalue weighted by Gasteiger charge is 2.13. The Morgan fingerprint density at radius 3 is 2.26 bits per heavy atom. The second-order valence-electron chi connectivity index (χ2n) is 4.71. The van der Waals surface area contributed by atoms with Crippen molar-refractivity contribution in [2.45, 2.75) is 19.9 Å². The van der Waals surface area contributed by atoms with Gasteiger partial charge < -0.3 is 10.5 Å². The van der Waals surface area contributed by atoms with E-state index >= 15 is 0 Å². The zero-order chi connectivity index (χ0) is 14.0. The predicted molar refractivity (Wildman–Crippen MR) is 80.0 cm³/mol. The molecule has 2 aromatic carbocycles. The second-order valence-corrected chi connectivity index (χ2v) is 5.14. The molecule has 2 aromatic rings. The summed E-state index contributed by atoms with van der Waals surface area (Å²) in [6.45, 7) is 4.07. The number of benzene rings is 2. The molecular weight excluding hydrogens is 258 g/mol. The SMILES string of the molecule is COc1cc(C)c(C(N)c2ccc(Cl)cc2)cc1C. The lowest BCUT2D eigenvalue weighted by atomic mass is 9.94. The highest BCUT2D eigenvalue weighted by Crippen LogP contribution is 2.29. The van der Waals surface area contributed by atoms with Crippen LogP contribution >= 0.6 is 11.6 Å². The van der Waals surface area contributed by atoms with Crippen molar-refractivity contribution in [2.24, 2.45) is 5.73 Å². The summed E-state index contributed by atoms with van der Waals surface area (Å²) in [5, 5.41) is 0.721. The van der Waals surface area contributed by atoms with Gasteiger partial charge in [-0.2, -0.15) is 0 Å².